The molecule has 0 saturated heterocycles. The number of sulfonamides is 1. The Hall–Kier alpha value is -0.660. The summed E-state index contributed by atoms with van der Waals surface area (Å²) in [6, 6.07) is 0. The monoisotopic (exact) mass is 238 g/mol. The van der Waals surface area contributed by atoms with E-state index < -0.39 is 15.6 Å². The van der Waals surface area contributed by atoms with Crippen LogP contribution in [0.3, 0.4) is 0 Å². The summed E-state index contributed by atoms with van der Waals surface area (Å²) in [5, 5.41) is 7.14. The number of nitrogens with two attached hydrogens (primary N) is 1. The van der Waals surface area contributed by atoms with E-state index >= 15 is 0 Å². The number of carbonyl (C=O) groups is 1. The summed E-state index contributed by atoms with van der Waals surface area (Å²) in [4.78, 5) is 11.1. The molecule has 15 heavy (non-hydrogen) atoms. The number of rotatable bonds is 5. The fourth-order valence-electron chi connectivity index (χ4n) is 0.666. The van der Waals surface area contributed by atoms with E-state index in [9.17, 15) is 13.2 Å². The molecule has 1 amide bonds. The minimum absolute atomic E-state index is 0.00513. The van der Waals surface area contributed by atoms with E-state index in [2.05, 4.69) is 5.32 Å². The van der Waals surface area contributed by atoms with Gasteiger partial charge in [-0.15, -0.1) is 0 Å². The van der Waals surface area contributed by atoms with Gasteiger partial charge in [-0.2, -0.15) is 0 Å². The van der Waals surface area contributed by atoms with Crippen LogP contribution in [0.4, 0.5) is 0 Å². The van der Waals surface area contributed by atoms with Crippen molar-refractivity contribution in [2.24, 2.45) is 5.14 Å². The van der Waals surface area contributed by atoms with Gasteiger partial charge >= 0.3 is 0 Å². The first-order valence-electron chi connectivity index (χ1n) is 4.51. The summed E-state index contributed by atoms with van der Waals surface area (Å²) in [6.45, 7) is 5.39. The second-order valence-corrected chi connectivity index (χ2v) is 5.85. The SMILES string of the molecule is CC(C)(C)OCC(=O)NCCS(N)(=O)=O. The molecule has 0 aliphatic carbocycles. The van der Waals surface area contributed by atoms with Crippen LogP contribution in [-0.2, 0) is 19.6 Å². The first kappa shape index (κ1) is 14.3. The number of ether oxygens (including phenoxy) is 1. The molecule has 6 nitrogen and oxygen atoms in total. The lowest BCUT2D eigenvalue weighted by molar-refractivity contribution is -0.130. The third kappa shape index (κ3) is 11.3. The van der Waals surface area contributed by atoms with E-state index in [4.69, 9.17) is 9.88 Å². The Labute approximate surface area is 90.2 Å². The highest BCUT2D eigenvalue weighted by Crippen LogP contribution is 2.05. The lowest BCUT2D eigenvalue weighted by Crippen LogP contribution is -2.35. The van der Waals surface area contributed by atoms with Crippen LogP contribution in [0.25, 0.3) is 0 Å². The Morgan fingerprint density at radius 1 is 1.40 bits per heavy atom. The average Bonchev–Trinajstić information content (AvgIpc) is 1.97. The largest absolute Gasteiger partial charge is 0.366 e. The average molecular weight is 238 g/mol. The summed E-state index contributed by atoms with van der Waals surface area (Å²) in [5.74, 6) is -0.623. The van der Waals surface area contributed by atoms with Crippen LogP contribution in [0.5, 0.6) is 0 Å². The fraction of sp³-hybridized carbons (Fsp3) is 0.875. The molecule has 0 aromatic carbocycles. The Morgan fingerprint density at radius 2 is 1.93 bits per heavy atom. The first-order chi connectivity index (χ1) is 6.60. The normalized spacial score (nSPS) is 12.5. The minimum Gasteiger partial charge on any atom is -0.366 e. The molecular weight excluding hydrogens is 220 g/mol. The predicted molar refractivity (Wildman–Crippen MR) is 56.7 cm³/mol. The van der Waals surface area contributed by atoms with Crippen molar-refractivity contribution in [1.82, 2.24) is 5.32 Å². The molecular formula is C8H18N2O4S. The molecule has 0 bridgehead atoms. The molecule has 0 fully saturated rings. The number of hydrogen-bond acceptors (Lipinski definition) is 4. The zero-order chi connectivity index (χ0) is 12.1. The van der Waals surface area contributed by atoms with Gasteiger partial charge in [0.25, 0.3) is 0 Å². The van der Waals surface area contributed by atoms with Gasteiger partial charge in [-0.1, -0.05) is 0 Å². The smallest absolute Gasteiger partial charge is 0.246 e. The highest BCUT2D eigenvalue weighted by atomic mass is 32.2. The van der Waals surface area contributed by atoms with Gasteiger partial charge in [-0.25, -0.2) is 13.6 Å². The van der Waals surface area contributed by atoms with E-state index in [1.807, 2.05) is 20.8 Å². The summed E-state index contributed by atoms with van der Waals surface area (Å²) in [7, 11) is -3.52. The van der Waals surface area contributed by atoms with Crippen LogP contribution in [0.15, 0.2) is 0 Å². The molecule has 0 spiro atoms. The number of hydrogen-bond donors (Lipinski definition) is 2. The lowest BCUT2D eigenvalue weighted by Gasteiger charge is -2.18. The third-order valence-corrected chi connectivity index (χ3v) is 2.12. The first-order valence-corrected chi connectivity index (χ1v) is 6.23. The predicted octanol–water partition coefficient (Wildman–Crippen LogP) is -0.794. The quantitative estimate of drug-likeness (QED) is 0.655. The summed E-state index contributed by atoms with van der Waals surface area (Å²) < 4.78 is 26.2. The van der Waals surface area contributed by atoms with Gasteiger partial charge in [0.2, 0.25) is 15.9 Å². The van der Waals surface area contributed by atoms with E-state index in [1.165, 1.54) is 0 Å². The van der Waals surface area contributed by atoms with Crippen molar-refractivity contribution >= 4 is 15.9 Å². The number of nitrogens with one attached hydrogen (secondary N) is 1. The van der Waals surface area contributed by atoms with Gasteiger partial charge in [0.15, 0.2) is 0 Å². The van der Waals surface area contributed by atoms with Crippen molar-refractivity contribution in [2.75, 3.05) is 18.9 Å². The van der Waals surface area contributed by atoms with Crippen molar-refractivity contribution < 1.29 is 17.9 Å². The Morgan fingerprint density at radius 3 is 2.33 bits per heavy atom. The van der Waals surface area contributed by atoms with Crippen LogP contribution in [0.1, 0.15) is 20.8 Å². The van der Waals surface area contributed by atoms with Crippen molar-refractivity contribution in [3.8, 4) is 0 Å². The van der Waals surface area contributed by atoms with E-state index in [0.29, 0.717) is 0 Å². The molecule has 0 saturated carbocycles. The van der Waals surface area contributed by atoms with Gasteiger partial charge in [0.1, 0.15) is 6.61 Å². The molecule has 0 radical (unpaired) electrons. The second kappa shape index (κ2) is 5.43. The van der Waals surface area contributed by atoms with Crippen LogP contribution in [0.2, 0.25) is 0 Å². The van der Waals surface area contributed by atoms with Crippen LogP contribution in [0, 0.1) is 0 Å². The van der Waals surface area contributed by atoms with Gasteiger partial charge < -0.3 is 10.1 Å². The molecule has 7 heteroatoms. The molecule has 0 aliphatic rings. The summed E-state index contributed by atoms with van der Waals surface area (Å²) in [6.07, 6.45) is 0. The molecule has 0 aromatic rings. The van der Waals surface area contributed by atoms with Crippen molar-refractivity contribution in [3.05, 3.63) is 0 Å². The highest BCUT2D eigenvalue weighted by molar-refractivity contribution is 7.89. The van der Waals surface area contributed by atoms with Gasteiger partial charge in [-0.3, -0.25) is 4.79 Å². The maximum absolute atomic E-state index is 11.1. The number of primary sulfonamides is 1. The Kier molecular flexibility index (Phi) is 5.19. The molecule has 0 unspecified atom stereocenters. The molecule has 0 heterocycles. The summed E-state index contributed by atoms with van der Waals surface area (Å²) in [5.41, 5.74) is -0.392. The van der Waals surface area contributed by atoms with E-state index in [0.717, 1.165) is 0 Å². The second-order valence-electron chi connectivity index (χ2n) is 4.12. The van der Waals surface area contributed by atoms with Crippen LogP contribution < -0.4 is 10.5 Å². The maximum Gasteiger partial charge on any atom is 0.246 e. The topological polar surface area (TPSA) is 98.5 Å². The minimum atomic E-state index is -3.52. The fourth-order valence-corrected chi connectivity index (χ4v) is 1.05. The highest BCUT2D eigenvalue weighted by Gasteiger charge is 2.12. The van der Waals surface area contributed by atoms with Gasteiger partial charge in [0.05, 0.1) is 11.4 Å². The van der Waals surface area contributed by atoms with Crippen LogP contribution in [-0.4, -0.2) is 38.8 Å². The summed E-state index contributed by atoms with van der Waals surface area (Å²) >= 11 is 0. The zero-order valence-corrected chi connectivity index (χ0v) is 10.1. The van der Waals surface area contributed by atoms with Crippen molar-refractivity contribution in [3.63, 3.8) is 0 Å². The molecule has 0 aliphatic heterocycles. The Balaban J connectivity index is 3.69. The van der Waals surface area contributed by atoms with E-state index in [-0.39, 0.29) is 24.8 Å². The molecule has 90 valence electrons. The molecule has 0 atom stereocenters. The number of carbonyl (C=O) groups excluding carboxylic acids is 1. The van der Waals surface area contributed by atoms with Gasteiger partial charge in [-0.05, 0) is 20.8 Å². The molecule has 3 N–H and O–H groups in total. The van der Waals surface area contributed by atoms with E-state index in [1.54, 1.807) is 0 Å². The standard InChI is InChI=1S/C8H18N2O4S/c1-8(2,3)14-6-7(11)10-4-5-15(9,12)13/h4-6H2,1-3H3,(H,10,11)(H2,9,12,13). The maximum atomic E-state index is 11.1. The van der Waals surface area contributed by atoms with Crippen molar-refractivity contribution in [1.29, 1.82) is 0 Å². The van der Waals surface area contributed by atoms with Crippen molar-refractivity contribution in [2.45, 2.75) is 26.4 Å². The number of amides is 1. The third-order valence-electron chi connectivity index (χ3n) is 1.35. The zero-order valence-electron chi connectivity index (χ0n) is 9.24. The Bertz CT molecular complexity index is 305. The molecule has 0 rings (SSSR count). The van der Waals surface area contributed by atoms with Gasteiger partial charge in [0, 0.05) is 6.54 Å². The molecule has 0 aromatic heterocycles. The van der Waals surface area contributed by atoms with Crippen LogP contribution >= 0.6 is 0 Å². The lowest BCUT2D eigenvalue weighted by atomic mass is 10.2.